The first-order valence-electron chi connectivity index (χ1n) is 9.84. The minimum Gasteiger partial charge on any atom is -0.478 e. The summed E-state index contributed by atoms with van der Waals surface area (Å²) in [6, 6.07) is 19.4. The third kappa shape index (κ3) is 3.49. The Morgan fingerprint density at radius 2 is 1.97 bits per heavy atom. The maximum Gasteiger partial charge on any atom is 0.231 e. The summed E-state index contributed by atoms with van der Waals surface area (Å²) in [6.07, 6.45) is 1.80. The molecule has 0 saturated heterocycles. The Labute approximate surface area is 180 Å². The predicted octanol–water partition coefficient (Wildman–Crippen LogP) is 5.62. The number of ether oxygens (including phenoxy) is 2. The molecule has 0 atom stereocenters. The molecular formula is C25H20ClNO3. The molecule has 30 heavy (non-hydrogen) atoms. The molecule has 0 radical (unpaired) electrons. The van der Waals surface area contributed by atoms with E-state index in [1.54, 1.807) is 12.1 Å². The van der Waals surface area contributed by atoms with E-state index in [2.05, 4.69) is 4.90 Å². The average molecular weight is 418 g/mol. The number of hydrogen-bond acceptors (Lipinski definition) is 4. The summed E-state index contributed by atoms with van der Waals surface area (Å²) in [5.41, 5.74) is 4.59. The fourth-order valence-corrected chi connectivity index (χ4v) is 4.08. The minimum atomic E-state index is -0.0995. The Morgan fingerprint density at radius 3 is 2.80 bits per heavy atom. The summed E-state index contributed by atoms with van der Waals surface area (Å²) in [7, 11) is 0. The molecule has 5 rings (SSSR count). The van der Waals surface area contributed by atoms with Crippen LogP contribution in [-0.2, 0) is 13.1 Å². The molecule has 3 aromatic rings. The molecule has 0 unspecified atom stereocenters. The lowest BCUT2D eigenvalue weighted by Crippen LogP contribution is -2.31. The van der Waals surface area contributed by atoms with Gasteiger partial charge < -0.3 is 9.47 Å². The van der Waals surface area contributed by atoms with Crippen molar-refractivity contribution >= 4 is 23.5 Å². The Morgan fingerprint density at radius 1 is 1.10 bits per heavy atom. The van der Waals surface area contributed by atoms with Crippen LogP contribution in [0.1, 0.15) is 32.6 Å². The Bertz CT molecular complexity index is 1180. The van der Waals surface area contributed by atoms with Crippen LogP contribution in [0.2, 0.25) is 5.02 Å². The van der Waals surface area contributed by atoms with E-state index in [4.69, 9.17) is 21.1 Å². The largest absolute Gasteiger partial charge is 0.478 e. The smallest absolute Gasteiger partial charge is 0.231 e. The van der Waals surface area contributed by atoms with Crippen molar-refractivity contribution in [1.82, 2.24) is 4.90 Å². The second-order valence-electron chi connectivity index (χ2n) is 7.62. The lowest BCUT2D eigenvalue weighted by atomic mass is 10.0. The molecule has 2 heterocycles. The molecule has 0 N–H and O–H groups in total. The summed E-state index contributed by atoms with van der Waals surface area (Å²) in [5.74, 6) is 1.60. The highest BCUT2D eigenvalue weighted by atomic mass is 35.5. The van der Waals surface area contributed by atoms with Gasteiger partial charge in [-0.3, -0.25) is 9.69 Å². The molecule has 0 bridgehead atoms. The van der Waals surface area contributed by atoms with Crippen LogP contribution in [0.5, 0.6) is 11.5 Å². The van der Waals surface area contributed by atoms with E-state index in [1.807, 2.05) is 61.5 Å². The van der Waals surface area contributed by atoms with Crippen LogP contribution in [0, 0.1) is 6.92 Å². The second kappa shape index (κ2) is 7.63. The van der Waals surface area contributed by atoms with Gasteiger partial charge in [0.25, 0.3) is 0 Å². The molecule has 0 fully saturated rings. The molecule has 0 aromatic heterocycles. The van der Waals surface area contributed by atoms with Gasteiger partial charge >= 0.3 is 0 Å². The number of benzene rings is 3. The Kier molecular flexibility index (Phi) is 4.81. The Hall–Kier alpha value is -3.08. The van der Waals surface area contributed by atoms with E-state index in [1.165, 1.54) is 0 Å². The van der Waals surface area contributed by atoms with E-state index in [0.29, 0.717) is 36.9 Å². The first-order chi connectivity index (χ1) is 14.6. The van der Waals surface area contributed by atoms with Crippen LogP contribution < -0.4 is 9.47 Å². The minimum absolute atomic E-state index is 0.0995. The van der Waals surface area contributed by atoms with Gasteiger partial charge in [-0.1, -0.05) is 59.6 Å². The molecule has 5 heteroatoms. The molecule has 150 valence electrons. The molecule has 0 aliphatic carbocycles. The van der Waals surface area contributed by atoms with Gasteiger partial charge in [0, 0.05) is 18.1 Å². The number of fused-ring (bicyclic) bond motifs is 3. The molecule has 0 spiro atoms. The number of halogens is 1. The number of carbonyl (C=O) groups is 1. The van der Waals surface area contributed by atoms with E-state index in [0.717, 1.165) is 33.0 Å². The summed E-state index contributed by atoms with van der Waals surface area (Å²) in [6.45, 7) is 3.75. The molecular weight excluding hydrogens is 398 g/mol. The summed E-state index contributed by atoms with van der Waals surface area (Å²) in [5, 5.41) is 0.733. The van der Waals surface area contributed by atoms with Crippen molar-refractivity contribution in [2.75, 3.05) is 6.73 Å². The van der Waals surface area contributed by atoms with Crippen LogP contribution >= 0.6 is 11.6 Å². The van der Waals surface area contributed by atoms with Crippen molar-refractivity contribution in [3.05, 3.63) is 99.3 Å². The van der Waals surface area contributed by atoms with Gasteiger partial charge in [0.1, 0.15) is 18.2 Å². The number of allylic oxidation sites excluding steroid dienone is 1. The zero-order chi connectivity index (χ0) is 20.7. The zero-order valence-corrected chi connectivity index (χ0v) is 17.3. The quantitative estimate of drug-likeness (QED) is 0.519. The van der Waals surface area contributed by atoms with E-state index >= 15 is 0 Å². The van der Waals surface area contributed by atoms with E-state index in [-0.39, 0.29) is 5.78 Å². The highest BCUT2D eigenvalue weighted by molar-refractivity contribution is 6.31. The first-order valence-corrected chi connectivity index (χ1v) is 10.2. The molecule has 2 aliphatic heterocycles. The van der Waals surface area contributed by atoms with Crippen molar-refractivity contribution in [1.29, 1.82) is 0 Å². The molecule has 0 amide bonds. The number of hydrogen-bond donors (Lipinski definition) is 0. The van der Waals surface area contributed by atoms with Gasteiger partial charge in [0.05, 0.1) is 11.1 Å². The topological polar surface area (TPSA) is 38.8 Å². The summed E-state index contributed by atoms with van der Waals surface area (Å²) in [4.78, 5) is 15.1. The van der Waals surface area contributed by atoms with E-state index in [9.17, 15) is 4.79 Å². The third-order valence-corrected chi connectivity index (χ3v) is 5.74. The van der Waals surface area contributed by atoms with Crippen LogP contribution in [-0.4, -0.2) is 17.4 Å². The normalized spacial score (nSPS) is 16.7. The molecule has 0 saturated carbocycles. The van der Waals surface area contributed by atoms with Gasteiger partial charge in [0.15, 0.2) is 5.76 Å². The van der Waals surface area contributed by atoms with Crippen molar-refractivity contribution in [2.45, 2.75) is 20.0 Å². The van der Waals surface area contributed by atoms with Gasteiger partial charge in [-0.15, -0.1) is 0 Å². The lowest BCUT2D eigenvalue weighted by Gasteiger charge is -2.30. The van der Waals surface area contributed by atoms with Crippen LogP contribution in [0.25, 0.3) is 6.08 Å². The van der Waals surface area contributed by atoms with Gasteiger partial charge in [0.2, 0.25) is 5.78 Å². The maximum absolute atomic E-state index is 12.9. The number of carbonyl (C=O) groups excluding carboxylic acids is 1. The predicted molar refractivity (Wildman–Crippen MR) is 117 cm³/mol. The monoisotopic (exact) mass is 417 g/mol. The number of nitrogens with zero attached hydrogens (tertiary/aromatic N) is 1. The van der Waals surface area contributed by atoms with Crippen LogP contribution in [0.4, 0.5) is 0 Å². The molecule has 3 aromatic carbocycles. The fourth-order valence-electron chi connectivity index (χ4n) is 3.88. The number of ketones is 1. The van der Waals surface area contributed by atoms with Crippen molar-refractivity contribution in [2.24, 2.45) is 0 Å². The highest BCUT2D eigenvalue weighted by Crippen LogP contribution is 2.42. The van der Waals surface area contributed by atoms with Crippen molar-refractivity contribution in [3.63, 3.8) is 0 Å². The van der Waals surface area contributed by atoms with Crippen molar-refractivity contribution in [3.8, 4) is 11.5 Å². The zero-order valence-electron chi connectivity index (χ0n) is 16.5. The second-order valence-corrected chi connectivity index (χ2v) is 8.03. The van der Waals surface area contributed by atoms with Gasteiger partial charge in [-0.2, -0.15) is 0 Å². The first kappa shape index (κ1) is 18.9. The third-order valence-electron chi connectivity index (χ3n) is 5.37. The number of Topliss-reactive ketones (excluding diaryl/α,β-unsaturated/α-hetero) is 1. The Balaban J connectivity index is 1.44. The summed E-state index contributed by atoms with van der Waals surface area (Å²) >= 11 is 6.32. The molecule has 4 nitrogen and oxygen atoms in total. The fraction of sp³-hybridized carbons (Fsp3) is 0.160. The van der Waals surface area contributed by atoms with Crippen LogP contribution in [0.15, 0.2) is 66.4 Å². The lowest BCUT2D eigenvalue weighted by molar-refractivity contribution is 0.0873. The summed E-state index contributed by atoms with van der Waals surface area (Å²) < 4.78 is 12.0. The maximum atomic E-state index is 12.9. The SMILES string of the molecule is Cc1cccc(/C=C2\Oc3c(ccc4c3CN(Cc3ccccc3Cl)CO4)C2=O)c1. The number of aryl methyl sites for hydroxylation is 1. The highest BCUT2D eigenvalue weighted by Gasteiger charge is 2.33. The van der Waals surface area contributed by atoms with Gasteiger partial charge in [-0.25, -0.2) is 0 Å². The van der Waals surface area contributed by atoms with E-state index < -0.39 is 0 Å². The molecule has 2 aliphatic rings. The number of rotatable bonds is 3. The van der Waals surface area contributed by atoms with Gasteiger partial charge in [-0.05, 0) is 42.3 Å². The van der Waals surface area contributed by atoms with Crippen molar-refractivity contribution < 1.29 is 14.3 Å². The average Bonchev–Trinajstić information content (AvgIpc) is 3.06. The standard InChI is InChI=1S/C25H20ClNO3/c1-16-5-4-6-17(11-16)12-23-24(28)19-9-10-22-20(25(19)30-23)14-27(15-29-22)13-18-7-2-3-8-21(18)26/h2-12H,13-15H2,1H3/b23-12-. The van der Waals surface area contributed by atoms with Crippen LogP contribution in [0.3, 0.4) is 0 Å².